The number of carbonyl (C=O) groups excluding carboxylic acids is 1. The molecule has 0 bridgehead atoms. The van der Waals surface area contributed by atoms with E-state index in [1.165, 1.54) is 5.56 Å². The summed E-state index contributed by atoms with van der Waals surface area (Å²) in [5.74, 6) is -0.0651. The molecule has 0 spiro atoms. The van der Waals surface area contributed by atoms with E-state index >= 15 is 0 Å². The van der Waals surface area contributed by atoms with Crippen LogP contribution in [0.15, 0.2) is 48.5 Å². The zero-order valence-corrected chi connectivity index (χ0v) is 16.1. The summed E-state index contributed by atoms with van der Waals surface area (Å²) >= 11 is 12.1. The molecule has 2 aromatic carbocycles. The maximum atomic E-state index is 12.2. The highest BCUT2D eigenvalue weighted by Gasteiger charge is 2.11. The van der Waals surface area contributed by atoms with Crippen molar-refractivity contribution in [2.75, 3.05) is 32.8 Å². The summed E-state index contributed by atoms with van der Waals surface area (Å²) in [7, 11) is 0. The molecule has 2 aromatic rings. The van der Waals surface area contributed by atoms with Crippen LogP contribution in [0, 0.1) is 0 Å². The van der Waals surface area contributed by atoms with Crippen LogP contribution >= 0.6 is 23.2 Å². The number of amides is 1. The second kappa shape index (κ2) is 11.2. The van der Waals surface area contributed by atoms with Crippen molar-refractivity contribution in [2.24, 2.45) is 0 Å². The molecule has 1 amide bonds. The third-order valence-electron chi connectivity index (χ3n) is 4.09. The Labute approximate surface area is 164 Å². The van der Waals surface area contributed by atoms with Gasteiger partial charge in [0.15, 0.2) is 0 Å². The van der Waals surface area contributed by atoms with Gasteiger partial charge in [-0.25, -0.2) is 0 Å². The van der Waals surface area contributed by atoms with Crippen molar-refractivity contribution in [1.29, 1.82) is 0 Å². The molecule has 4 nitrogen and oxygen atoms in total. The van der Waals surface area contributed by atoms with Crippen LogP contribution in [0.1, 0.15) is 11.1 Å². The number of rotatable bonds is 10. The SMILES string of the molecule is O=C(CN(CCO)CCc1ccccc1)NCCc1cccc(Cl)c1Cl. The van der Waals surface area contributed by atoms with Gasteiger partial charge in [-0.05, 0) is 30.0 Å². The molecular formula is C20H24Cl2N2O2. The van der Waals surface area contributed by atoms with Crippen molar-refractivity contribution in [1.82, 2.24) is 10.2 Å². The molecule has 6 heteroatoms. The fourth-order valence-corrected chi connectivity index (χ4v) is 3.09. The summed E-state index contributed by atoms with van der Waals surface area (Å²) in [6.45, 7) is 1.97. The number of aliphatic hydroxyl groups excluding tert-OH is 1. The highest BCUT2D eigenvalue weighted by molar-refractivity contribution is 6.42. The molecule has 0 unspecified atom stereocenters. The van der Waals surface area contributed by atoms with Crippen molar-refractivity contribution in [3.63, 3.8) is 0 Å². The van der Waals surface area contributed by atoms with Crippen LogP contribution < -0.4 is 5.32 Å². The minimum Gasteiger partial charge on any atom is -0.395 e. The molecule has 140 valence electrons. The molecule has 0 aromatic heterocycles. The molecule has 0 aliphatic rings. The van der Waals surface area contributed by atoms with Gasteiger partial charge in [0.1, 0.15) is 0 Å². The largest absolute Gasteiger partial charge is 0.395 e. The molecule has 0 aliphatic carbocycles. The van der Waals surface area contributed by atoms with Gasteiger partial charge in [-0.1, -0.05) is 65.7 Å². The Hall–Kier alpha value is -1.59. The number of aliphatic hydroxyl groups is 1. The second-order valence-corrected chi connectivity index (χ2v) is 6.83. The van der Waals surface area contributed by atoms with Gasteiger partial charge < -0.3 is 10.4 Å². The van der Waals surface area contributed by atoms with E-state index in [1.807, 2.05) is 35.2 Å². The first kappa shape index (κ1) is 20.7. The molecule has 2 N–H and O–H groups in total. The Kier molecular flexibility index (Phi) is 8.92. The van der Waals surface area contributed by atoms with Gasteiger partial charge in [0.05, 0.1) is 23.2 Å². The van der Waals surface area contributed by atoms with Gasteiger partial charge in [0, 0.05) is 19.6 Å². The first-order chi connectivity index (χ1) is 12.6. The molecular weight excluding hydrogens is 371 g/mol. The Bertz CT molecular complexity index is 695. The zero-order valence-electron chi connectivity index (χ0n) is 14.6. The van der Waals surface area contributed by atoms with Gasteiger partial charge in [0.2, 0.25) is 5.91 Å². The monoisotopic (exact) mass is 394 g/mol. The molecule has 0 radical (unpaired) electrons. The van der Waals surface area contributed by atoms with E-state index in [0.29, 0.717) is 29.6 Å². The predicted molar refractivity (Wildman–Crippen MR) is 107 cm³/mol. The predicted octanol–water partition coefficient (Wildman–Crippen LogP) is 3.19. The summed E-state index contributed by atoms with van der Waals surface area (Å²) < 4.78 is 0. The lowest BCUT2D eigenvalue weighted by Gasteiger charge is -2.20. The van der Waals surface area contributed by atoms with Gasteiger partial charge in [-0.15, -0.1) is 0 Å². The lowest BCUT2D eigenvalue weighted by atomic mass is 10.1. The number of hydrogen-bond donors (Lipinski definition) is 2. The number of carbonyl (C=O) groups is 1. The summed E-state index contributed by atoms with van der Waals surface area (Å²) in [6, 6.07) is 15.6. The lowest BCUT2D eigenvalue weighted by molar-refractivity contribution is -0.122. The van der Waals surface area contributed by atoms with Crippen molar-refractivity contribution >= 4 is 29.1 Å². The maximum Gasteiger partial charge on any atom is 0.234 e. The van der Waals surface area contributed by atoms with Crippen molar-refractivity contribution < 1.29 is 9.90 Å². The van der Waals surface area contributed by atoms with E-state index in [9.17, 15) is 9.90 Å². The van der Waals surface area contributed by atoms with Gasteiger partial charge in [0.25, 0.3) is 0 Å². The van der Waals surface area contributed by atoms with E-state index in [4.69, 9.17) is 23.2 Å². The van der Waals surface area contributed by atoms with Crippen LogP contribution in [0.2, 0.25) is 10.0 Å². The number of halogens is 2. The minimum atomic E-state index is -0.0651. The Balaban J connectivity index is 1.77. The van der Waals surface area contributed by atoms with Crippen LogP contribution in [-0.2, 0) is 17.6 Å². The Morgan fingerprint density at radius 2 is 1.77 bits per heavy atom. The first-order valence-corrected chi connectivity index (χ1v) is 9.42. The fourth-order valence-electron chi connectivity index (χ4n) is 2.68. The van der Waals surface area contributed by atoms with Crippen molar-refractivity contribution in [3.8, 4) is 0 Å². The van der Waals surface area contributed by atoms with E-state index in [0.717, 1.165) is 18.5 Å². The molecule has 2 rings (SSSR count). The van der Waals surface area contributed by atoms with Crippen LogP contribution in [0.25, 0.3) is 0 Å². The highest BCUT2D eigenvalue weighted by atomic mass is 35.5. The summed E-state index contributed by atoms with van der Waals surface area (Å²) in [4.78, 5) is 14.1. The molecule has 0 fully saturated rings. The standard InChI is InChI=1S/C20H24Cl2N2O2/c21-18-8-4-7-17(20(18)22)9-11-23-19(26)15-24(13-14-25)12-10-16-5-2-1-3-6-16/h1-8,25H,9-15H2,(H,23,26). The van der Waals surface area contributed by atoms with E-state index in [-0.39, 0.29) is 19.1 Å². The quantitative estimate of drug-likeness (QED) is 0.650. The molecule has 0 saturated carbocycles. The molecule has 0 saturated heterocycles. The smallest absolute Gasteiger partial charge is 0.234 e. The van der Waals surface area contributed by atoms with E-state index < -0.39 is 0 Å². The highest BCUT2D eigenvalue weighted by Crippen LogP contribution is 2.25. The fraction of sp³-hybridized carbons (Fsp3) is 0.350. The van der Waals surface area contributed by atoms with Gasteiger partial charge in [-0.2, -0.15) is 0 Å². The maximum absolute atomic E-state index is 12.2. The van der Waals surface area contributed by atoms with Crippen molar-refractivity contribution in [2.45, 2.75) is 12.8 Å². The number of benzene rings is 2. The normalized spacial score (nSPS) is 10.9. The van der Waals surface area contributed by atoms with Crippen LogP contribution in [0.5, 0.6) is 0 Å². The topological polar surface area (TPSA) is 52.6 Å². The van der Waals surface area contributed by atoms with Crippen molar-refractivity contribution in [3.05, 3.63) is 69.7 Å². The van der Waals surface area contributed by atoms with Gasteiger partial charge in [-0.3, -0.25) is 9.69 Å². The van der Waals surface area contributed by atoms with Crippen LogP contribution in [0.3, 0.4) is 0 Å². The average Bonchev–Trinajstić information content (AvgIpc) is 2.64. The third-order valence-corrected chi connectivity index (χ3v) is 4.95. The van der Waals surface area contributed by atoms with Crippen LogP contribution in [0.4, 0.5) is 0 Å². The molecule has 0 heterocycles. The lowest BCUT2D eigenvalue weighted by Crippen LogP contribution is -2.40. The average molecular weight is 395 g/mol. The number of nitrogens with one attached hydrogen (secondary N) is 1. The first-order valence-electron chi connectivity index (χ1n) is 8.67. The Morgan fingerprint density at radius 1 is 1.00 bits per heavy atom. The molecule has 0 atom stereocenters. The minimum absolute atomic E-state index is 0.0280. The summed E-state index contributed by atoms with van der Waals surface area (Å²) in [6.07, 6.45) is 1.46. The number of nitrogens with zero attached hydrogens (tertiary/aromatic N) is 1. The van der Waals surface area contributed by atoms with E-state index in [2.05, 4.69) is 17.4 Å². The molecule has 0 aliphatic heterocycles. The Morgan fingerprint density at radius 3 is 2.50 bits per heavy atom. The second-order valence-electron chi connectivity index (χ2n) is 6.05. The van der Waals surface area contributed by atoms with E-state index in [1.54, 1.807) is 6.07 Å². The van der Waals surface area contributed by atoms with Gasteiger partial charge >= 0.3 is 0 Å². The zero-order chi connectivity index (χ0) is 18.8. The summed E-state index contributed by atoms with van der Waals surface area (Å²) in [5.41, 5.74) is 2.13. The van der Waals surface area contributed by atoms with Crippen LogP contribution in [-0.4, -0.2) is 48.7 Å². The molecule has 26 heavy (non-hydrogen) atoms. The number of hydrogen-bond acceptors (Lipinski definition) is 3. The third kappa shape index (κ3) is 6.96. The summed E-state index contributed by atoms with van der Waals surface area (Å²) in [5, 5.41) is 13.2.